The molecule has 2 aromatic rings. The smallest absolute Gasteiger partial charge is 0.391 e. The third kappa shape index (κ3) is 3.67. The summed E-state index contributed by atoms with van der Waals surface area (Å²) in [5, 5.41) is 10.0. The standard InChI is InChI=1S/C18H24F3N3O/c1-10(2)17-22-13-8-11(7-12(16(13)23-17)18(19,20)21)9-24(3)14-5-4-6-15(14)25/h7-8,10,14-15,25H,4-6,9H2,1-3H3,(H,22,23)/t14-,15+/m0/s1. The maximum atomic E-state index is 13.5. The van der Waals surface area contributed by atoms with Crippen LogP contribution in [0.15, 0.2) is 12.1 Å². The van der Waals surface area contributed by atoms with Crippen LogP contribution in [0.1, 0.15) is 56.0 Å². The Morgan fingerprint density at radius 1 is 1.32 bits per heavy atom. The number of aliphatic hydroxyl groups is 1. The summed E-state index contributed by atoms with van der Waals surface area (Å²) in [6.45, 7) is 4.14. The van der Waals surface area contributed by atoms with E-state index in [1.54, 1.807) is 6.07 Å². The Hall–Kier alpha value is -1.60. The predicted octanol–water partition coefficient (Wildman–Crippen LogP) is 4.05. The molecule has 138 valence electrons. The highest BCUT2D eigenvalue weighted by Gasteiger charge is 2.35. The van der Waals surface area contributed by atoms with Gasteiger partial charge < -0.3 is 10.1 Å². The first-order valence-corrected chi connectivity index (χ1v) is 8.65. The van der Waals surface area contributed by atoms with E-state index < -0.39 is 17.8 Å². The number of likely N-dealkylation sites (N-methyl/N-ethyl adjacent to an activating group) is 1. The van der Waals surface area contributed by atoms with Gasteiger partial charge in [-0.05, 0) is 44.0 Å². The lowest BCUT2D eigenvalue weighted by Gasteiger charge is -2.27. The van der Waals surface area contributed by atoms with Crippen molar-refractivity contribution in [1.29, 1.82) is 0 Å². The van der Waals surface area contributed by atoms with Crippen LogP contribution < -0.4 is 0 Å². The molecular weight excluding hydrogens is 331 g/mol. The summed E-state index contributed by atoms with van der Waals surface area (Å²) in [4.78, 5) is 9.12. The summed E-state index contributed by atoms with van der Waals surface area (Å²) in [6, 6.07) is 2.92. The molecule has 0 radical (unpaired) electrons. The maximum absolute atomic E-state index is 13.5. The molecule has 3 rings (SSSR count). The van der Waals surface area contributed by atoms with E-state index in [2.05, 4.69) is 9.97 Å². The minimum atomic E-state index is -4.46. The van der Waals surface area contributed by atoms with E-state index in [0.29, 0.717) is 23.4 Å². The van der Waals surface area contributed by atoms with Crippen LogP contribution in [0.2, 0.25) is 0 Å². The first-order chi connectivity index (χ1) is 11.7. The van der Waals surface area contributed by atoms with Crippen LogP contribution in [0.25, 0.3) is 11.0 Å². The van der Waals surface area contributed by atoms with Crippen molar-refractivity contribution >= 4 is 11.0 Å². The number of nitrogens with one attached hydrogen (secondary N) is 1. The Balaban J connectivity index is 1.98. The Bertz CT molecular complexity index is 754. The minimum Gasteiger partial charge on any atom is -0.391 e. The van der Waals surface area contributed by atoms with Crippen molar-refractivity contribution in [1.82, 2.24) is 14.9 Å². The molecule has 25 heavy (non-hydrogen) atoms. The van der Waals surface area contributed by atoms with E-state index >= 15 is 0 Å². The number of rotatable bonds is 4. The quantitative estimate of drug-likeness (QED) is 0.870. The second-order valence-corrected chi connectivity index (χ2v) is 7.29. The molecule has 1 aliphatic rings. The fourth-order valence-corrected chi connectivity index (χ4v) is 3.62. The summed E-state index contributed by atoms with van der Waals surface area (Å²) in [7, 11) is 1.85. The zero-order valence-electron chi connectivity index (χ0n) is 14.7. The molecule has 2 atom stereocenters. The van der Waals surface area contributed by atoms with Crippen molar-refractivity contribution in [3.8, 4) is 0 Å². The SMILES string of the molecule is CC(C)c1nc2c(C(F)(F)F)cc(CN(C)[C@H]3CCC[C@H]3O)cc2[nH]1. The van der Waals surface area contributed by atoms with Gasteiger partial charge in [0.15, 0.2) is 0 Å². The molecule has 1 aromatic carbocycles. The molecule has 1 fully saturated rings. The van der Waals surface area contributed by atoms with Crippen molar-refractivity contribution in [2.24, 2.45) is 0 Å². The molecule has 0 bridgehead atoms. The van der Waals surface area contributed by atoms with Crippen LogP contribution in [-0.4, -0.2) is 39.2 Å². The van der Waals surface area contributed by atoms with Gasteiger partial charge in [-0.15, -0.1) is 0 Å². The number of hydrogen-bond donors (Lipinski definition) is 2. The number of benzene rings is 1. The number of aliphatic hydroxyl groups excluding tert-OH is 1. The highest BCUT2D eigenvalue weighted by molar-refractivity contribution is 5.80. The van der Waals surface area contributed by atoms with E-state index in [0.717, 1.165) is 19.3 Å². The average Bonchev–Trinajstić information content (AvgIpc) is 3.11. The van der Waals surface area contributed by atoms with E-state index in [4.69, 9.17) is 0 Å². The van der Waals surface area contributed by atoms with Crippen molar-refractivity contribution in [3.63, 3.8) is 0 Å². The van der Waals surface area contributed by atoms with E-state index in [-0.39, 0.29) is 17.5 Å². The Morgan fingerprint density at radius 3 is 2.60 bits per heavy atom. The normalized spacial score (nSPS) is 21.8. The molecule has 1 saturated carbocycles. The van der Waals surface area contributed by atoms with Gasteiger partial charge in [-0.2, -0.15) is 13.2 Å². The van der Waals surface area contributed by atoms with Crippen molar-refractivity contribution in [2.75, 3.05) is 7.05 Å². The van der Waals surface area contributed by atoms with Gasteiger partial charge in [-0.1, -0.05) is 13.8 Å². The van der Waals surface area contributed by atoms with Gasteiger partial charge in [-0.3, -0.25) is 4.90 Å². The number of imidazole rings is 1. The lowest BCUT2D eigenvalue weighted by molar-refractivity contribution is -0.136. The zero-order chi connectivity index (χ0) is 18.4. The highest BCUT2D eigenvalue weighted by atomic mass is 19.4. The van der Waals surface area contributed by atoms with Gasteiger partial charge >= 0.3 is 6.18 Å². The van der Waals surface area contributed by atoms with Crippen LogP contribution in [-0.2, 0) is 12.7 Å². The summed E-state index contributed by atoms with van der Waals surface area (Å²) < 4.78 is 40.5. The zero-order valence-corrected chi connectivity index (χ0v) is 14.7. The molecule has 0 spiro atoms. The number of aromatic nitrogens is 2. The minimum absolute atomic E-state index is 0.00183. The Labute approximate surface area is 145 Å². The first kappa shape index (κ1) is 18.2. The maximum Gasteiger partial charge on any atom is 0.418 e. The number of fused-ring (bicyclic) bond motifs is 1. The lowest BCUT2D eigenvalue weighted by atomic mass is 10.1. The monoisotopic (exact) mass is 355 g/mol. The molecule has 7 heteroatoms. The fourth-order valence-electron chi connectivity index (χ4n) is 3.62. The topological polar surface area (TPSA) is 52.1 Å². The van der Waals surface area contributed by atoms with Crippen molar-refractivity contribution in [3.05, 3.63) is 29.1 Å². The van der Waals surface area contributed by atoms with Crippen LogP contribution in [0.4, 0.5) is 13.2 Å². The molecule has 0 unspecified atom stereocenters. The summed E-state index contributed by atoms with van der Waals surface area (Å²) in [6.07, 6.45) is -2.30. The number of aromatic amines is 1. The van der Waals surface area contributed by atoms with Crippen LogP contribution in [0.3, 0.4) is 0 Å². The molecule has 2 N–H and O–H groups in total. The van der Waals surface area contributed by atoms with Crippen LogP contribution in [0.5, 0.6) is 0 Å². The molecule has 1 aromatic heterocycles. The van der Waals surface area contributed by atoms with E-state index in [1.807, 2.05) is 25.8 Å². The molecule has 1 heterocycles. The first-order valence-electron chi connectivity index (χ1n) is 8.65. The van der Waals surface area contributed by atoms with Gasteiger partial charge in [-0.25, -0.2) is 4.98 Å². The van der Waals surface area contributed by atoms with Crippen LogP contribution in [0, 0.1) is 0 Å². The second-order valence-electron chi connectivity index (χ2n) is 7.29. The molecule has 1 aliphatic carbocycles. The molecule has 4 nitrogen and oxygen atoms in total. The van der Waals surface area contributed by atoms with E-state index in [1.165, 1.54) is 6.07 Å². The highest BCUT2D eigenvalue weighted by Crippen LogP contribution is 2.36. The number of alkyl halides is 3. The number of H-pyrrole nitrogens is 1. The molecule has 0 saturated heterocycles. The fraction of sp³-hybridized carbons (Fsp3) is 0.611. The van der Waals surface area contributed by atoms with Gasteiger partial charge in [0, 0.05) is 18.5 Å². The number of halogens is 3. The number of nitrogens with zero attached hydrogens (tertiary/aromatic N) is 2. The molecule has 0 amide bonds. The van der Waals surface area contributed by atoms with Crippen molar-refractivity contribution in [2.45, 2.75) is 63.9 Å². The van der Waals surface area contributed by atoms with Gasteiger partial charge in [0.1, 0.15) is 11.3 Å². The number of hydrogen-bond acceptors (Lipinski definition) is 3. The summed E-state index contributed by atoms with van der Waals surface area (Å²) in [5.74, 6) is 0.575. The summed E-state index contributed by atoms with van der Waals surface area (Å²) in [5.41, 5.74) is 0.251. The van der Waals surface area contributed by atoms with Gasteiger partial charge in [0.2, 0.25) is 0 Å². The second kappa shape index (κ2) is 6.61. The van der Waals surface area contributed by atoms with Gasteiger partial charge in [0.25, 0.3) is 0 Å². The third-order valence-electron chi connectivity index (χ3n) is 4.96. The largest absolute Gasteiger partial charge is 0.418 e. The average molecular weight is 355 g/mol. The Morgan fingerprint density at radius 2 is 2.04 bits per heavy atom. The predicted molar refractivity (Wildman–Crippen MR) is 90.3 cm³/mol. The van der Waals surface area contributed by atoms with Crippen molar-refractivity contribution < 1.29 is 18.3 Å². The summed E-state index contributed by atoms with van der Waals surface area (Å²) >= 11 is 0. The van der Waals surface area contributed by atoms with E-state index in [9.17, 15) is 18.3 Å². The van der Waals surface area contributed by atoms with Crippen LogP contribution >= 0.6 is 0 Å². The van der Waals surface area contributed by atoms with Gasteiger partial charge in [0.05, 0.1) is 17.2 Å². The third-order valence-corrected chi connectivity index (χ3v) is 4.96. The Kier molecular flexibility index (Phi) is 4.81. The molecule has 0 aliphatic heterocycles. The lowest BCUT2D eigenvalue weighted by Crippen LogP contribution is -2.37. The molecular formula is C18H24F3N3O.